The topological polar surface area (TPSA) is 64.6 Å². The number of para-hydroxylation sites is 1. The van der Waals surface area contributed by atoms with Crippen LogP contribution in [-0.2, 0) is 10.0 Å². The molecule has 0 heterocycles. The smallest absolute Gasteiger partial charge is 0.262 e. The first kappa shape index (κ1) is 16.5. The van der Waals surface area contributed by atoms with Gasteiger partial charge in [0.2, 0.25) is 0 Å². The van der Waals surface area contributed by atoms with E-state index in [1.807, 2.05) is 0 Å². The number of rotatable bonds is 5. The molecule has 0 aromatic heterocycles. The molecule has 22 heavy (non-hydrogen) atoms. The molecule has 0 atom stereocenters. The summed E-state index contributed by atoms with van der Waals surface area (Å²) in [5.41, 5.74) is 0.857. The Morgan fingerprint density at radius 2 is 1.64 bits per heavy atom. The van der Waals surface area contributed by atoms with Crippen molar-refractivity contribution >= 4 is 27.3 Å². The molecule has 1 N–H and O–H groups in total. The Hall–Kier alpha value is -1.92. The molecule has 0 radical (unpaired) electrons. The summed E-state index contributed by atoms with van der Waals surface area (Å²) in [4.78, 5) is 0.102. The summed E-state index contributed by atoms with van der Waals surface area (Å²) in [6.07, 6.45) is 0. The van der Waals surface area contributed by atoms with Crippen LogP contribution in [0.3, 0.4) is 0 Å². The average molecular weight is 342 g/mol. The number of aryl methyl sites for hydroxylation is 1. The van der Waals surface area contributed by atoms with Gasteiger partial charge in [-0.15, -0.1) is 0 Å². The second-order valence-corrected chi connectivity index (χ2v) is 6.62. The Morgan fingerprint density at radius 1 is 1.05 bits per heavy atom. The van der Waals surface area contributed by atoms with Gasteiger partial charge >= 0.3 is 0 Å². The fourth-order valence-electron chi connectivity index (χ4n) is 2.00. The fraction of sp³-hybridized carbons (Fsp3) is 0.200. The Bertz CT molecular complexity index is 790. The molecule has 0 saturated carbocycles. The highest BCUT2D eigenvalue weighted by molar-refractivity contribution is 7.92. The number of halogens is 1. The fourth-order valence-corrected chi connectivity index (χ4v) is 3.56. The number of methoxy groups -OCH3 is 2. The molecule has 0 amide bonds. The maximum Gasteiger partial charge on any atom is 0.262 e. The van der Waals surface area contributed by atoms with Gasteiger partial charge in [0, 0.05) is 6.07 Å². The van der Waals surface area contributed by atoms with Crippen molar-refractivity contribution in [3.63, 3.8) is 0 Å². The number of sulfonamides is 1. The largest absolute Gasteiger partial charge is 0.493 e. The molecule has 0 saturated heterocycles. The highest BCUT2D eigenvalue weighted by Gasteiger charge is 2.21. The SMILES string of the molecule is COc1cc(C)c(S(=O)(=O)Nc2ccccc2Cl)cc1OC. The molecule has 0 aliphatic carbocycles. The van der Waals surface area contributed by atoms with E-state index in [4.69, 9.17) is 21.1 Å². The standard InChI is InChI=1S/C15H16ClNO4S/c1-10-8-13(20-2)14(21-3)9-15(10)22(18,19)17-12-7-5-4-6-11(12)16/h4-9,17H,1-3H3. The van der Waals surface area contributed by atoms with Crippen LogP contribution in [0, 0.1) is 6.92 Å². The molecule has 2 aromatic rings. The maximum absolute atomic E-state index is 12.6. The molecule has 2 aromatic carbocycles. The van der Waals surface area contributed by atoms with E-state index in [9.17, 15) is 8.42 Å². The number of anilines is 1. The molecular formula is C15H16ClNO4S. The third-order valence-corrected chi connectivity index (χ3v) is 4.93. The van der Waals surface area contributed by atoms with Crippen molar-refractivity contribution in [3.8, 4) is 11.5 Å². The molecule has 0 aliphatic rings. The Morgan fingerprint density at radius 3 is 2.23 bits per heavy atom. The zero-order chi connectivity index (χ0) is 16.3. The summed E-state index contributed by atoms with van der Waals surface area (Å²) in [5.74, 6) is 0.810. The summed E-state index contributed by atoms with van der Waals surface area (Å²) in [6, 6.07) is 9.66. The van der Waals surface area contributed by atoms with Crippen molar-refractivity contribution in [1.29, 1.82) is 0 Å². The minimum Gasteiger partial charge on any atom is -0.493 e. The van der Waals surface area contributed by atoms with E-state index in [0.29, 0.717) is 27.8 Å². The molecule has 5 nitrogen and oxygen atoms in total. The maximum atomic E-state index is 12.6. The van der Waals surface area contributed by atoms with Gasteiger partial charge in [0.1, 0.15) is 0 Å². The first-order valence-electron chi connectivity index (χ1n) is 6.39. The van der Waals surface area contributed by atoms with Crippen LogP contribution in [0.1, 0.15) is 5.56 Å². The van der Waals surface area contributed by atoms with Gasteiger partial charge in [-0.05, 0) is 30.7 Å². The Balaban J connectivity index is 2.48. The van der Waals surface area contributed by atoms with Gasteiger partial charge in [0.05, 0.1) is 29.8 Å². The molecule has 0 fully saturated rings. The van der Waals surface area contributed by atoms with Gasteiger partial charge in [-0.3, -0.25) is 4.72 Å². The Kier molecular flexibility index (Phi) is 4.83. The van der Waals surface area contributed by atoms with Crippen LogP contribution in [0.2, 0.25) is 5.02 Å². The normalized spacial score (nSPS) is 11.1. The molecule has 0 bridgehead atoms. The second-order valence-electron chi connectivity index (χ2n) is 4.56. The Labute approximate surface area is 134 Å². The lowest BCUT2D eigenvalue weighted by Gasteiger charge is -2.14. The predicted octanol–water partition coefficient (Wildman–Crippen LogP) is 3.47. The number of nitrogens with one attached hydrogen (secondary N) is 1. The second kappa shape index (κ2) is 6.46. The monoisotopic (exact) mass is 341 g/mol. The number of ether oxygens (including phenoxy) is 2. The van der Waals surface area contributed by atoms with E-state index < -0.39 is 10.0 Å². The molecule has 0 unspecified atom stereocenters. The van der Waals surface area contributed by atoms with E-state index in [2.05, 4.69) is 4.72 Å². The average Bonchev–Trinajstić information content (AvgIpc) is 2.48. The highest BCUT2D eigenvalue weighted by Crippen LogP contribution is 2.33. The van der Waals surface area contributed by atoms with E-state index in [1.54, 1.807) is 37.3 Å². The zero-order valence-corrected chi connectivity index (χ0v) is 14.0. The van der Waals surface area contributed by atoms with Crippen LogP contribution < -0.4 is 14.2 Å². The van der Waals surface area contributed by atoms with Crippen molar-refractivity contribution in [2.24, 2.45) is 0 Å². The van der Waals surface area contributed by atoms with Crippen molar-refractivity contribution in [1.82, 2.24) is 0 Å². The quantitative estimate of drug-likeness (QED) is 0.904. The summed E-state index contributed by atoms with van der Waals surface area (Å²) >= 11 is 5.99. The van der Waals surface area contributed by atoms with Crippen LogP contribution in [0.15, 0.2) is 41.3 Å². The number of hydrogen-bond donors (Lipinski definition) is 1. The lowest BCUT2D eigenvalue weighted by atomic mass is 10.2. The third kappa shape index (κ3) is 3.28. The van der Waals surface area contributed by atoms with Gasteiger partial charge in [0.25, 0.3) is 10.0 Å². The van der Waals surface area contributed by atoms with Crippen LogP contribution >= 0.6 is 11.6 Å². The van der Waals surface area contributed by atoms with Crippen LogP contribution in [0.4, 0.5) is 5.69 Å². The van der Waals surface area contributed by atoms with Gasteiger partial charge in [-0.1, -0.05) is 23.7 Å². The van der Waals surface area contributed by atoms with Gasteiger partial charge in [0.15, 0.2) is 11.5 Å². The minimum absolute atomic E-state index is 0.102. The first-order chi connectivity index (χ1) is 10.4. The summed E-state index contributed by atoms with van der Waals surface area (Å²) < 4.78 is 37.9. The van der Waals surface area contributed by atoms with Crippen LogP contribution in [0.25, 0.3) is 0 Å². The van der Waals surface area contributed by atoms with E-state index >= 15 is 0 Å². The summed E-state index contributed by atoms with van der Waals surface area (Å²) in [7, 11) is -0.851. The summed E-state index contributed by atoms with van der Waals surface area (Å²) in [5, 5.41) is 0.323. The van der Waals surface area contributed by atoms with Crippen molar-refractivity contribution < 1.29 is 17.9 Å². The lowest BCUT2D eigenvalue weighted by molar-refractivity contribution is 0.353. The molecular weight excluding hydrogens is 326 g/mol. The third-order valence-electron chi connectivity index (χ3n) is 3.09. The van der Waals surface area contributed by atoms with Crippen LogP contribution in [-0.4, -0.2) is 22.6 Å². The van der Waals surface area contributed by atoms with E-state index in [0.717, 1.165) is 0 Å². The van der Waals surface area contributed by atoms with Crippen LogP contribution in [0.5, 0.6) is 11.5 Å². The van der Waals surface area contributed by atoms with Crippen molar-refractivity contribution in [3.05, 3.63) is 47.0 Å². The van der Waals surface area contributed by atoms with E-state index in [1.165, 1.54) is 20.3 Å². The molecule has 7 heteroatoms. The van der Waals surface area contributed by atoms with Gasteiger partial charge < -0.3 is 9.47 Å². The van der Waals surface area contributed by atoms with Gasteiger partial charge in [-0.25, -0.2) is 8.42 Å². The first-order valence-corrected chi connectivity index (χ1v) is 8.25. The number of benzene rings is 2. The molecule has 0 spiro atoms. The van der Waals surface area contributed by atoms with Gasteiger partial charge in [-0.2, -0.15) is 0 Å². The highest BCUT2D eigenvalue weighted by atomic mass is 35.5. The molecule has 0 aliphatic heterocycles. The summed E-state index contributed by atoms with van der Waals surface area (Å²) in [6.45, 7) is 1.68. The van der Waals surface area contributed by atoms with Crippen molar-refractivity contribution in [2.45, 2.75) is 11.8 Å². The molecule has 118 valence electrons. The van der Waals surface area contributed by atoms with Crippen molar-refractivity contribution in [2.75, 3.05) is 18.9 Å². The predicted molar refractivity (Wildman–Crippen MR) is 86.5 cm³/mol. The van der Waals surface area contributed by atoms with E-state index in [-0.39, 0.29) is 4.90 Å². The lowest BCUT2D eigenvalue weighted by Crippen LogP contribution is -2.15. The molecule has 2 rings (SSSR count). The zero-order valence-electron chi connectivity index (χ0n) is 12.4. The minimum atomic E-state index is -3.79. The number of hydrogen-bond acceptors (Lipinski definition) is 4.